The standard InChI is InChI=1S/C22H25FN4O4S/c1-15(28)24-12-17-13-27(22(30)31-17)16-4-5-19(18(23)11-16)26-8-6-25(7-9-26)14-20(29)21-3-2-10-32-21/h2-5,10-11,17H,6-9,12-14H2,1H3,(H,24,28)/t17-/m0/s1. The fraction of sp³-hybridized carbons (Fsp3) is 0.409. The Hall–Kier alpha value is -2.98. The summed E-state index contributed by atoms with van der Waals surface area (Å²) in [6, 6.07) is 8.41. The Kier molecular flexibility index (Phi) is 6.71. The Morgan fingerprint density at radius 3 is 2.66 bits per heavy atom. The smallest absolute Gasteiger partial charge is 0.414 e. The maximum atomic E-state index is 14.9. The van der Waals surface area contributed by atoms with Gasteiger partial charge in [0.2, 0.25) is 5.91 Å². The SMILES string of the molecule is CC(=O)NC[C@H]1CN(c2ccc(N3CCN(CC(=O)c4cccs4)CC3)c(F)c2)C(=O)O1. The highest BCUT2D eigenvalue weighted by Gasteiger charge is 2.33. The number of nitrogens with one attached hydrogen (secondary N) is 1. The molecule has 2 aromatic rings. The predicted molar refractivity (Wildman–Crippen MR) is 120 cm³/mol. The van der Waals surface area contributed by atoms with E-state index in [9.17, 15) is 18.8 Å². The fourth-order valence-electron chi connectivity index (χ4n) is 3.88. The van der Waals surface area contributed by atoms with Crippen molar-refractivity contribution in [1.29, 1.82) is 0 Å². The molecule has 3 heterocycles. The van der Waals surface area contributed by atoms with Gasteiger partial charge < -0.3 is 15.0 Å². The summed E-state index contributed by atoms with van der Waals surface area (Å²) in [4.78, 5) is 41.7. The van der Waals surface area contributed by atoms with Crippen molar-refractivity contribution in [1.82, 2.24) is 10.2 Å². The van der Waals surface area contributed by atoms with Crippen molar-refractivity contribution >= 4 is 40.5 Å². The summed E-state index contributed by atoms with van der Waals surface area (Å²) >= 11 is 1.44. The first-order valence-electron chi connectivity index (χ1n) is 10.5. The first-order valence-corrected chi connectivity index (χ1v) is 11.3. The Bertz CT molecular complexity index is 992. The van der Waals surface area contributed by atoms with Crippen LogP contribution in [-0.2, 0) is 9.53 Å². The van der Waals surface area contributed by atoms with Crippen LogP contribution in [0.3, 0.4) is 0 Å². The maximum Gasteiger partial charge on any atom is 0.414 e. The van der Waals surface area contributed by atoms with Gasteiger partial charge in [-0.1, -0.05) is 6.07 Å². The van der Waals surface area contributed by atoms with Gasteiger partial charge in [0, 0.05) is 33.1 Å². The number of nitrogens with zero attached hydrogens (tertiary/aromatic N) is 3. The molecular weight excluding hydrogens is 435 g/mol. The molecule has 0 spiro atoms. The van der Waals surface area contributed by atoms with Gasteiger partial charge in [-0.3, -0.25) is 19.4 Å². The second-order valence-corrected chi connectivity index (χ2v) is 8.80. The number of ether oxygens (including phenoxy) is 1. The third-order valence-corrected chi connectivity index (χ3v) is 6.48. The van der Waals surface area contributed by atoms with Gasteiger partial charge in [-0.15, -0.1) is 11.3 Å². The van der Waals surface area contributed by atoms with Gasteiger partial charge in [0.05, 0.1) is 35.9 Å². The zero-order valence-corrected chi connectivity index (χ0v) is 18.6. The number of anilines is 2. The van der Waals surface area contributed by atoms with E-state index >= 15 is 0 Å². The predicted octanol–water partition coefficient (Wildman–Crippen LogP) is 2.35. The molecule has 1 aromatic heterocycles. The van der Waals surface area contributed by atoms with Gasteiger partial charge in [-0.25, -0.2) is 9.18 Å². The Labute approximate surface area is 189 Å². The van der Waals surface area contributed by atoms with Crippen molar-refractivity contribution in [2.75, 3.05) is 55.6 Å². The third-order valence-electron chi connectivity index (χ3n) is 5.57. The summed E-state index contributed by atoms with van der Waals surface area (Å²) in [6.45, 7) is 4.78. The van der Waals surface area contributed by atoms with Crippen molar-refractivity contribution in [3.63, 3.8) is 0 Å². The number of Topliss-reactive ketones (excluding diaryl/α,β-unsaturated/α-hetero) is 1. The second kappa shape index (κ2) is 9.66. The molecule has 2 aliphatic heterocycles. The number of ketones is 1. The quantitative estimate of drug-likeness (QED) is 0.639. The van der Waals surface area contributed by atoms with Crippen LogP contribution in [0.25, 0.3) is 0 Å². The lowest BCUT2D eigenvalue weighted by atomic mass is 10.2. The number of amides is 2. The molecule has 2 aliphatic rings. The fourth-order valence-corrected chi connectivity index (χ4v) is 4.54. The highest BCUT2D eigenvalue weighted by atomic mass is 32.1. The molecule has 0 aliphatic carbocycles. The van der Waals surface area contributed by atoms with E-state index in [-0.39, 0.29) is 24.8 Å². The number of benzene rings is 1. The Morgan fingerprint density at radius 2 is 2.00 bits per heavy atom. The van der Waals surface area contributed by atoms with Gasteiger partial charge >= 0.3 is 6.09 Å². The number of halogens is 1. The van der Waals surface area contributed by atoms with Crippen molar-refractivity contribution in [2.24, 2.45) is 0 Å². The maximum absolute atomic E-state index is 14.9. The van der Waals surface area contributed by atoms with Crippen molar-refractivity contribution in [2.45, 2.75) is 13.0 Å². The van der Waals surface area contributed by atoms with E-state index in [0.717, 1.165) is 4.88 Å². The average Bonchev–Trinajstić information content (AvgIpc) is 3.43. The lowest BCUT2D eigenvalue weighted by Gasteiger charge is -2.36. The van der Waals surface area contributed by atoms with E-state index in [2.05, 4.69) is 10.2 Å². The number of rotatable bonds is 7. The largest absolute Gasteiger partial charge is 0.442 e. The Morgan fingerprint density at radius 1 is 1.22 bits per heavy atom. The molecule has 32 heavy (non-hydrogen) atoms. The molecule has 1 atom stereocenters. The molecule has 0 saturated carbocycles. The van der Waals surface area contributed by atoms with Crippen LogP contribution in [0.5, 0.6) is 0 Å². The molecule has 4 rings (SSSR count). The number of cyclic esters (lactones) is 1. The Balaban J connectivity index is 1.33. The molecule has 1 aromatic carbocycles. The van der Waals surface area contributed by atoms with E-state index in [1.165, 1.54) is 29.2 Å². The minimum atomic E-state index is -0.559. The van der Waals surface area contributed by atoms with Gasteiger partial charge in [0.25, 0.3) is 0 Å². The number of carbonyl (C=O) groups excluding carboxylic acids is 3. The second-order valence-electron chi connectivity index (χ2n) is 7.85. The van der Waals surface area contributed by atoms with Crippen LogP contribution >= 0.6 is 11.3 Å². The van der Waals surface area contributed by atoms with Crippen LogP contribution < -0.4 is 15.1 Å². The first-order chi connectivity index (χ1) is 15.4. The van der Waals surface area contributed by atoms with E-state index < -0.39 is 18.0 Å². The number of carbonyl (C=O) groups is 3. The number of thiophene rings is 1. The molecule has 8 nitrogen and oxygen atoms in total. The third kappa shape index (κ3) is 5.08. The lowest BCUT2D eigenvalue weighted by molar-refractivity contribution is -0.119. The van der Waals surface area contributed by atoms with Crippen molar-refractivity contribution < 1.29 is 23.5 Å². The summed E-state index contributed by atoms with van der Waals surface area (Å²) in [5.74, 6) is -0.507. The van der Waals surface area contributed by atoms with Gasteiger partial charge in [-0.05, 0) is 29.6 Å². The minimum absolute atomic E-state index is 0.110. The zero-order valence-electron chi connectivity index (χ0n) is 17.8. The molecule has 0 radical (unpaired) electrons. The minimum Gasteiger partial charge on any atom is -0.442 e. The monoisotopic (exact) mass is 460 g/mol. The molecule has 0 unspecified atom stereocenters. The highest BCUT2D eigenvalue weighted by Crippen LogP contribution is 2.28. The lowest BCUT2D eigenvalue weighted by Crippen LogP contribution is -2.48. The van der Waals surface area contributed by atoms with Crippen LogP contribution in [0, 0.1) is 5.82 Å². The molecule has 2 saturated heterocycles. The molecule has 170 valence electrons. The van der Waals surface area contributed by atoms with E-state index in [0.29, 0.717) is 44.1 Å². The number of hydrogen-bond acceptors (Lipinski definition) is 7. The number of hydrogen-bond donors (Lipinski definition) is 1. The van der Waals surface area contributed by atoms with E-state index in [4.69, 9.17) is 4.74 Å². The summed E-state index contributed by atoms with van der Waals surface area (Å²) in [5.41, 5.74) is 0.891. The van der Waals surface area contributed by atoms with Crippen LogP contribution in [0.1, 0.15) is 16.6 Å². The summed E-state index contributed by atoms with van der Waals surface area (Å²) in [5, 5.41) is 4.51. The summed E-state index contributed by atoms with van der Waals surface area (Å²) in [6.07, 6.45) is -1.03. The molecule has 10 heteroatoms. The van der Waals surface area contributed by atoms with Gasteiger partial charge in [0.15, 0.2) is 5.78 Å². The molecular formula is C22H25FN4O4S. The highest BCUT2D eigenvalue weighted by molar-refractivity contribution is 7.12. The van der Waals surface area contributed by atoms with Crippen LogP contribution in [0.4, 0.5) is 20.6 Å². The van der Waals surface area contributed by atoms with Crippen LogP contribution in [0.2, 0.25) is 0 Å². The average molecular weight is 461 g/mol. The first kappa shape index (κ1) is 22.2. The van der Waals surface area contributed by atoms with Gasteiger partial charge in [0.1, 0.15) is 11.9 Å². The molecule has 2 fully saturated rings. The normalized spacial score (nSPS) is 19.2. The number of piperazine rings is 1. The van der Waals surface area contributed by atoms with Crippen molar-refractivity contribution in [3.8, 4) is 0 Å². The van der Waals surface area contributed by atoms with E-state index in [1.54, 1.807) is 12.1 Å². The zero-order chi connectivity index (χ0) is 22.7. The molecule has 0 bridgehead atoms. The molecule has 2 amide bonds. The van der Waals surface area contributed by atoms with Crippen LogP contribution in [-0.4, -0.2) is 74.6 Å². The van der Waals surface area contributed by atoms with E-state index in [1.807, 2.05) is 22.4 Å². The van der Waals surface area contributed by atoms with Gasteiger partial charge in [-0.2, -0.15) is 0 Å². The summed E-state index contributed by atoms with van der Waals surface area (Å²) in [7, 11) is 0. The summed E-state index contributed by atoms with van der Waals surface area (Å²) < 4.78 is 20.2. The topological polar surface area (TPSA) is 82.2 Å². The van der Waals surface area contributed by atoms with Crippen LogP contribution in [0.15, 0.2) is 35.7 Å². The van der Waals surface area contributed by atoms with Crippen molar-refractivity contribution in [3.05, 3.63) is 46.4 Å². The molecule has 1 N–H and O–H groups in total.